The van der Waals surface area contributed by atoms with Crippen LogP contribution in [0.5, 0.6) is 5.75 Å². The Bertz CT molecular complexity index is 1180. The number of benzene rings is 1. The number of likely N-dealkylation sites (tertiary alicyclic amines) is 1. The Kier molecular flexibility index (Phi) is 6.57. The first-order chi connectivity index (χ1) is 15.4. The molecule has 2 aliphatic rings. The molecular formula is C23H28ClN5O3S. The van der Waals surface area contributed by atoms with Crippen LogP contribution >= 0.6 is 24.2 Å². The van der Waals surface area contributed by atoms with Crippen LogP contribution in [-0.2, 0) is 12.5 Å². The van der Waals surface area contributed by atoms with Crippen LogP contribution in [0.15, 0.2) is 34.2 Å². The molecule has 2 atom stereocenters. The highest BCUT2D eigenvalue weighted by Crippen LogP contribution is 2.59. The van der Waals surface area contributed by atoms with Crippen LogP contribution in [0.3, 0.4) is 0 Å². The summed E-state index contributed by atoms with van der Waals surface area (Å²) >= 11 is 1.70. The Hall–Kier alpha value is -2.36. The summed E-state index contributed by atoms with van der Waals surface area (Å²) in [6, 6.07) is 5.56. The number of phenolic OH excluding ortho intramolecular Hbond substituents is 1. The topological polar surface area (TPSA) is 97.3 Å². The van der Waals surface area contributed by atoms with Crippen molar-refractivity contribution in [1.82, 2.24) is 24.6 Å². The second-order valence-corrected chi connectivity index (χ2v) is 9.98. The zero-order valence-electron chi connectivity index (χ0n) is 18.9. The summed E-state index contributed by atoms with van der Waals surface area (Å²) in [5, 5.41) is 19.4. The molecule has 176 valence electrons. The Morgan fingerprint density at radius 3 is 2.91 bits per heavy atom. The molecule has 2 fully saturated rings. The number of piperidine rings is 1. The summed E-state index contributed by atoms with van der Waals surface area (Å²) < 4.78 is 7.40. The number of aromatic nitrogens is 4. The summed E-state index contributed by atoms with van der Waals surface area (Å²) in [7, 11) is 1.95. The maximum atomic E-state index is 11.8. The average Bonchev–Trinajstić information content (AvgIpc) is 3.06. The second kappa shape index (κ2) is 9.12. The molecule has 0 spiro atoms. The van der Waals surface area contributed by atoms with Gasteiger partial charge in [0.1, 0.15) is 5.75 Å². The quantitative estimate of drug-likeness (QED) is 0.289. The highest BCUT2D eigenvalue weighted by molar-refractivity contribution is 7.99. The molecule has 2 unspecified atom stereocenters. The first kappa shape index (κ1) is 23.8. The maximum absolute atomic E-state index is 11.8. The zero-order chi connectivity index (χ0) is 22.5. The molecule has 1 N–H and O–H groups in total. The SMILES string of the molecule is CC(=O)c1cc(C23CC2CN(CCCSc2nnc(-c4ocnc4C)n2C)C3)ccc1O.Cl. The van der Waals surface area contributed by atoms with E-state index in [4.69, 9.17) is 4.42 Å². The predicted octanol–water partition coefficient (Wildman–Crippen LogP) is 3.86. The number of ketones is 1. The van der Waals surface area contributed by atoms with Crippen molar-refractivity contribution in [3.05, 3.63) is 41.4 Å². The van der Waals surface area contributed by atoms with Crippen LogP contribution in [0.2, 0.25) is 0 Å². The Labute approximate surface area is 203 Å². The number of carbonyl (C=O) groups excluding carboxylic acids is 1. The van der Waals surface area contributed by atoms with E-state index in [2.05, 4.69) is 20.1 Å². The molecule has 0 radical (unpaired) electrons. The molecule has 33 heavy (non-hydrogen) atoms. The van der Waals surface area contributed by atoms with Crippen molar-refractivity contribution in [3.8, 4) is 17.3 Å². The number of nitrogens with zero attached hydrogens (tertiary/aromatic N) is 5. The maximum Gasteiger partial charge on any atom is 0.202 e. The number of phenols is 1. The summed E-state index contributed by atoms with van der Waals surface area (Å²) in [5.74, 6) is 2.95. The summed E-state index contributed by atoms with van der Waals surface area (Å²) in [5.41, 5.74) is 2.58. The van der Waals surface area contributed by atoms with Crippen LogP contribution < -0.4 is 0 Å². The number of thioether (sulfide) groups is 1. The smallest absolute Gasteiger partial charge is 0.202 e. The number of aromatic hydroxyl groups is 1. The summed E-state index contributed by atoms with van der Waals surface area (Å²) in [4.78, 5) is 18.5. The lowest BCUT2D eigenvalue weighted by Crippen LogP contribution is -2.28. The van der Waals surface area contributed by atoms with Gasteiger partial charge in [-0.3, -0.25) is 4.79 Å². The van der Waals surface area contributed by atoms with Crippen molar-refractivity contribution >= 4 is 30.0 Å². The van der Waals surface area contributed by atoms with Crippen LogP contribution in [0.1, 0.15) is 41.4 Å². The van der Waals surface area contributed by atoms with Crippen molar-refractivity contribution in [2.24, 2.45) is 13.0 Å². The van der Waals surface area contributed by atoms with E-state index in [9.17, 15) is 9.90 Å². The number of fused-ring (bicyclic) bond motifs is 1. The van der Waals surface area contributed by atoms with E-state index in [1.54, 1.807) is 17.8 Å². The lowest BCUT2D eigenvalue weighted by atomic mass is 9.92. The number of Topliss-reactive ketones (excluding diaryl/α,β-unsaturated/α-hetero) is 1. The van der Waals surface area contributed by atoms with Crippen LogP contribution in [0, 0.1) is 12.8 Å². The third kappa shape index (κ3) is 4.29. The molecule has 8 nitrogen and oxygen atoms in total. The predicted molar refractivity (Wildman–Crippen MR) is 128 cm³/mol. The van der Waals surface area contributed by atoms with Gasteiger partial charge in [0.15, 0.2) is 23.1 Å². The minimum atomic E-state index is -0.0877. The standard InChI is InChI=1S/C23H27N5O3S.ClH/c1-14-20(31-13-24-14)21-25-26-22(27(21)3)32-8-4-7-28-11-17-10-23(17,12-28)16-5-6-19(30)18(9-16)15(2)29;/h5-6,9,13,17,30H,4,7-8,10-12H2,1-3H3;1H. The molecule has 1 saturated heterocycles. The number of halogens is 1. The van der Waals surface area contributed by atoms with E-state index in [-0.39, 0.29) is 29.4 Å². The molecular weight excluding hydrogens is 462 g/mol. The van der Waals surface area contributed by atoms with Gasteiger partial charge >= 0.3 is 0 Å². The third-order valence-corrected chi connectivity index (χ3v) is 7.91. The van der Waals surface area contributed by atoms with Gasteiger partial charge in [-0.1, -0.05) is 17.8 Å². The summed E-state index contributed by atoms with van der Waals surface area (Å²) in [6.07, 6.45) is 3.66. The van der Waals surface area contributed by atoms with Gasteiger partial charge in [0.25, 0.3) is 0 Å². The molecule has 0 amide bonds. The lowest BCUT2D eigenvalue weighted by molar-refractivity contribution is 0.101. The molecule has 5 rings (SSSR count). The number of carbonyl (C=O) groups is 1. The molecule has 0 bridgehead atoms. The monoisotopic (exact) mass is 489 g/mol. The van der Waals surface area contributed by atoms with Gasteiger partial charge < -0.3 is 19.0 Å². The molecule has 1 aromatic carbocycles. The number of oxazole rings is 1. The first-order valence-corrected chi connectivity index (χ1v) is 11.9. The Morgan fingerprint density at radius 1 is 1.36 bits per heavy atom. The number of aryl methyl sites for hydroxylation is 1. The van der Waals surface area contributed by atoms with Crippen LogP contribution in [-0.4, -0.2) is 60.9 Å². The van der Waals surface area contributed by atoms with Crippen LogP contribution in [0.25, 0.3) is 11.6 Å². The van der Waals surface area contributed by atoms with Crippen molar-refractivity contribution in [3.63, 3.8) is 0 Å². The largest absolute Gasteiger partial charge is 0.507 e. The van der Waals surface area contributed by atoms with Crippen molar-refractivity contribution in [2.45, 2.75) is 37.3 Å². The molecule has 1 aliphatic carbocycles. The van der Waals surface area contributed by atoms with Gasteiger partial charge in [-0.2, -0.15) is 0 Å². The minimum absolute atomic E-state index is 0. The molecule has 1 aliphatic heterocycles. The molecule has 2 aromatic heterocycles. The fraction of sp³-hybridized carbons (Fsp3) is 0.478. The molecule has 10 heteroatoms. The Morgan fingerprint density at radius 2 is 2.18 bits per heavy atom. The van der Waals surface area contributed by atoms with Gasteiger partial charge in [0, 0.05) is 31.3 Å². The van der Waals surface area contributed by atoms with E-state index in [1.165, 1.54) is 25.3 Å². The van der Waals surface area contributed by atoms with E-state index >= 15 is 0 Å². The van der Waals surface area contributed by atoms with Gasteiger partial charge in [0.2, 0.25) is 5.82 Å². The summed E-state index contributed by atoms with van der Waals surface area (Å²) in [6.45, 7) is 6.55. The molecule has 3 aromatic rings. The third-order valence-electron chi connectivity index (χ3n) is 6.80. The van der Waals surface area contributed by atoms with Gasteiger partial charge in [-0.15, -0.1) is 22.6 Å². The average molecular weight is 490 g/mol. The van der Waals surface area contributed by atoms with Crippen LogP contribution in [0.4, 0.5) is 0 Å². The lowest BCUT2D eigenvalue weighted by Gasteiger charge is -2.21. The number of hydrogen-bond acceptors (Lipinski definition) is 8. The minimum Gasteiger partial charge on any atom is -0.507 e. The second-order valence-electron chi connectivity index (χ2n) is 8.91. The normalized spacial score (nSPS) is 21.6. The molecule has 3 heterocycles. The highest BCUT2D eigenvalue weighted by atomic mass is 35.5. The van der Waals surface area contributed by atoms with Crippen molar-refractivity contribution < 1.29 is 14.3 Å². The van der Waals surface area contributed by atoms with Crippen molar-refractivity contribution in [2.75, 3.05) is 25.4 Å². The van der Waals surface area contributed by atoms with Gasteiger partial charge in [-0.25, -0.2) is 4.98 Å². The highest BCUT2D eigenvalue weighted by Gasteiger charge is 2.60. The molecule has 1 saturated carbocycles. The van der Waals surface area contributed by atoms with Crippen molar-refractivity contribution in [1.29, 1.82) is 0 Å². The first-order valence-electron chi connectivity index (χ1n) is 10.9. The van der Waals surface area contributed by atoms with E-state index in [0.717, 1.165) is 42.7 Å². The zero-order valence-corrected chi connectivity index (χ0v) is 20.6. The van der Waals surface area contributed by atoms with E-state index < -0.39 is 0 Å². The Balaban J connectivity index is 0.00000259. The number of hydrogen-bond donors (Lipinski definition) is 1. The van der Waals surface area contributed by atoms with E-state index in [1.807, 2.05) is 30.7 Å². The van der Waals surface area contributed by atoms with Gasteiger partial charge in [0.05, 0.1) is 11.3 Å². The van der Waals surface area contributed by atoms with Gasteiger partial charge in [-0.05, 0) is 56.8 Å². The fourth-order valence-electron chi connectivity index (χ4n) is 4.94. The van der Waals surface area contributed by atoms with E-state index in [0.29, 0.717) is 23.1 Å². The number of rotatable bonds is 8. The fourth-order valence-corrected chi connectivity index (χ4v) is 5.77.